The minimum atomic E-state index is -3.96. The number of amides is 4. The molecule has 1 aliphatic heterocycles. The number of pyridine rings is 1. The molecule has 17 heteroatoms. The van der Waals surface area contributed by atoms with E-state index in [9.17, 15) is 32.4 Å². The molecule has 0 spiro atoms. The first-order chi connectivity index (χ1) is 27.0. The van der Waals surface area contributed by atoms with E-state index >= 15 is 0 Å². The number of alkyl carbamates (subject to hydrolysis) is 1. The number of ether oxygens (including phenoxy) is 4. The lowest BCUT2D eigenvalue weighted by Crippen LogP contribution is -2.58. The SMILES string of the molecule is C=C[C@@H]1C[C@]1(NC(=O)[C@@H]1C[C@@H](Oc2nccc3cc(OC)ccc23)CN1C(=O)[C@H](CC(=O)OCc1ccccc1)NC(=O)OC(C)(C)C)C(=O)NS(=O)(=O)C1CC1. The van der Waals surface area contributed by atoms with Gasteiger partial charge in [0, 0.05) is 23.9 Å². The highest BCUT2D eigenvalue weighted by molar-refractivity contribution is 7.91. The van der Waals surface area contributed by atoms with Crippen LogP contribution in [0.1, 0.15) is 58.4 Å². The summed E-state index contributed by atoms with van der Waals surface area (Å²) in [5.74, 6) is -3.09. The number of nitrogens with one attached hydrogen (secondary N) is 3. The molecule has 4 amide bonds. The number of fused-ring (bicyclic) bond motifs is 1. The first kappa shape index (κ1) is 40.9. The van der Waals surface area contributed by atoms with Gasteiger partial charge in [0.25, 0.3) is 5.91 Å². The van der Waals surface area contributed by atoms with E-state index in [4.69, 9.17) is 18.9 Å². The highest BCUT2D eigenvalue weighted by Gasteiger charge is 2.62. The molecular formula is C40H47N5O11S. The maximum atomic E-state index is 14.6. The van der Waals surface area contributed by atoms with E-state index in [0.29, 0.717) is 29.5 Å². The Hall–Kier alpha value is -5.71. The zero-order valence-electron chi connectivity index (χ0n) is 32.2. The number of sulfonamides is 1. The summed E-state index contributed by atoms with van der Waals surface area (Å²) in [6.45, 7) is 8.36. The number of hydrogen-bond donors (Lipinski definition) is 3. The lowest BCUT2D eigenvalue weighted by Gasteiger charge is -2.30. The number of nitrogens with zero attached hydrogens (tertiary/aromatic N) is 2. The molecule has 3 N–H and O–H groups in total. The molecule has 2 saturated carbocycles. The lowest BCUT2D eigenvalue weighted by atomic mass is 10.1. The van der Waals surface area contributed by atoms with Crippen molar-refractivity contribution in [1.82, 2.24) is 25.2 Å². The minimum absolute atomic E-state index is 0.0777. The Kier molecular flexibility index (Phi) is 11.8. The third kappa shape index (κ3) is 9.82. The summed E-state index contributed by atoms with van der Waals surface area (Å²) in [6, 6.07) is 13.1. The average molecular weight is 806 g/mol. The van der Waals surface area contributed by atoms with E-state index in [2.05, 4.69) is 26.9 Å². The van der Waals surface area contributed by atoms with E-state index in [-0.39, 0.29) is 31.9 Å². The maximum absolute atomic E-state index is 14.6. The van der Waals surface area contributed by atoms with Crippen molar-refractivity contribution < 1.29 is 51.3 Å². The Labute approximate surface area is 330 Å². The third-order valence-corrected chi connectivity index (χ3v) is 11.7. The van der Waals surface area contributed by atoms with Crippen LogP contribution in [0.25, 0.3) is 10.8 Å². The van der Waals surface area contributed by atoms with Gasteiger partial charge in [-0.3, -0.25) is 23.9 Å². The number of carbonyl (C=O) groups excluding carboxylic acids is 5. The van der Waals surface area contributed by atoms with Crippen LogP contribution in [0.15, 0.2) is 73.4 Å². The van der Waals surface area contributed by atoms with Crippen LogP contribution < -0.4 is 24.8 Å². The van der Waals surface area contributed by atoms with Gasteiger partial charge in [-0.15, -0.1) is 6.58 Å². The fourth-order valence-electron chi connectivity index (χ4n) is 6.71. The molecule has 0 radical (unpaired) electrons. The second-order valence-electron chi connectivity index (χ2n) is 15.4. The number of hydrogen-bond acceptors (Lipinski definition) is 12. The van der Waals surface area contributed by atoms with Crippen LogP contribution in [0.4, 0.5) is 4.79 Å². The standard InChI is InChI=1S/C40H47N5O11S/c1-6-26-21-40(26,37(49)44-57(51,52)29-13-14-29)43-34(47)32-19-28(55-35-30-15-12-27(53-5)18-25(30)16-17-41-35)22-45(32)36(48)31(42-38(50)56-39(2,3)4)20-33(46)54-23-24-10-8-7-9-11-24/h6-12,15-18,26,28-29,31-32H,1,13-14,19-23H2,2-5H3,(H,42,50)(H,43,47)(H,44,49)/t26-,28-,31+,32+,40-/m1/s1. The zero-order valence-corrected chi connectivity index (χ0v) is 33.0. The van der Waals surface area contributed by atoms with Crippen LogP contribution in [0.5, 0.6) is 11.6 Å². The monoisotopic (exact) mass is 805 g/mol. The lowest BCUT2D eigenvalue weighted by molar-refractivity contribution is -0.149. The Bertz CT molecular complexity index is 2160. The van der Waals surface area contributed by atoms with Crippen molar-refractivity contribution >= 4 is 50.6 Å². The molecule has 16 nitrogen and oxygen atoms in total. The predicted octanol–water partition coefficient (Wildman–Crippen LogP) is 3.29. The van der Waals surface area contributed by atoms with Gasteiger partial charge in [-0.25, -0.2) is 18.2 Å². The van der Waals surface area contributed by atoms with Crippen LogP contribution in [-0.4, -0.2) is 96.3 Å². The van der Waals surface area contributed by atoms with Gasteiger partial charge in [0.05, 0.1) is 25.3 Å². The number of benzene rings is 2. The molecule has 1 saturated heterocycles. The van der Waals surface area contributed by atoms with Gasteiger partial charge in [-0.05, 0) is 75.2 Å². The van der Waals surface area contributed by atoms with Gasteiger partial charge in [-0.2, -0.15) is 0 Å². The van der Waals surface area contributed by atoms with Gasteiger partial charge < -0.3 is 34.5 Å². The maximum Gasteiger partial charge on any atom is 0.408 e. The van der Waals surface area contributed by atoms with Crippen molar-refractivity contribution in [3.63, 3.8) is 0 Å². The van der Waals surface area contributed by atoms with Gasteiger partial charge in [0.15, 0.2) is 0 Å². The summed E-state index contributed by atoms with van der Waals surface area (Å²) in [5, 5.41) is 5.91. The predicted molar refractivity (Wildman–Crippen MR) is 206 cm³/mol. The Balaban J connectivity index is 1.28. The number of methoxy groups -OCH3 is 1. The van der Waals surface area contributed by atoms with Gasteiger partial charge >= 0.3 is 12.1 Å². The molecule has 3 fully saturated rings. The number of aromatic nitrogens is 1. The van der Waals surface area contributed by atoms with Crippen molar-refractivity contribution in [3.05, 3.63) is 79.0 Å². The topological polar surface area (TPSA) is 209 Å². The Morgan fingerprint density at radius 3 is 2.46 bits per heavy atom. The largest absolute Gasteiger partial charge is 0.497 e. The van der Waals surface area contributed by atoms with Crippen molar-refractivity contribution in [3.8, 4) is 11.6 Å². The summed E-state index contributed by atoms with van der Waals surface area (Å²) in [5.41, 5.74) is -1.89. The number of carbonyl (C=O) groups is 5. The van der Waals surface area contributed by atoms with E-state index < -0.39 is 86.7 Å². The first-order valence-electron chi connectivity index (χ1n) is 18.6. The van der Waals surface area contributed by atoms with Crippen molar-refractivity contribution in [2.45, 2.75) is 94.1 Å². The second-order valence-corrected chi connectivity index (χ2v) is 17.4. The van der Waals surface area contributed by atoms with E-state index in [1.165, 1.54) is 11.0 Å². The molecule has 0 unspecified atom stereocenters. The highest BCUT2D eigenvalue weighted by atomic mass is 32.2. The van der Waals surface area contributed by atoms with Crippen LogP contribution in [0.3, 0.4) is 0 Å². The van der Waals surface area contributed by atoms with E-state index in [0.717, 1.165) is 5.39 Å². The van der Waals surface area contributed by atoms with Crippen molar-refractivity contribution in [2.24, 2.45) is 5.92 Å². The number of esters is 1. The molecule has 2 heterocycles. The Morgan fingerprint density at radius 1 is 1.07 bits per heavy atom. The molecule has 6 rings (SSSR count). The van der Waals surface area contributed by atoms with Crippen molar-refractivity contribution in [1.29, 1.82) is 0 Å². The second kappa shape index (κ2) is 16.4. The fraction of sp³-hybridized carbons (Fsp3) is 0.450. The normalized spacial score (nSPS) is 22.1. The molecular weight excluding hydrogens is 759 g/mol. The summed E-state index contributed by atoms with van der Waals surface area (Å²) in [6.07, 6.45) is 1.38. The summed E-state index contributed by atoms with van der Waals surface area (Å²) < 4.78 is 50.1. The van der Waals surface area contributed by atoms with Gasteiger partial charge in [0.2, 0.25) is 27.7 Å². The molecule has 304 valence electrons. The average Bonchev–Trinajstić information content (AvgIpc) is 4.09. The van der Waals surface area contributed by atoms with Gasteiger partial charge in [-0.1, -0.05) is 36.4 Å². The van der Waals surface area contributed by atoms with E-state index in [1.807, 2.05) is 6.07 Å². The molecule has 3 aromatic rings. The number of likely N-dealkylation sites (tertiary alicyclic amines) is 1. The molecule has 2 aromatic carbocycles. The minimum Gasteiger partial charge on any atom is -0.497 e. The zero-order chi connectivity index (χ0) is 41.1. The smallest absolute Gasteiger partial charge is 0.408 e. The molecule has 0 bridgehead atoms. The molecule has 2 aliphatic carbocycles. The molecule has 3 aliphatic rings. The third-order valence-electron chi connectivity index (χ3n) is 9.91. The van der Waals surface area contributed by atoms with Crippen molar-refractivity contribution in [2.75, 3.05) is 13.7 Å². The summed E-state index contributed by atoms with van der Waals surface area (Å²) in [7, 11) is -2.41. The van der Waals surface area contributed by atoms with Gasteiger partial charge in [0.1, 0.15) is 41.7 Å². The quantitative estimate of drug-likeness (QED) is 0.149. The highest BCUT2D eigenvalue weighted by Crippen LogP contribution is 2.45. The van der Waals surface area contributed by atoms with Crippen LogP contribution >= 0.6 is 0 Å². The summed E-state index contributed by atoms with van der Waals surface area (Å²) >= 11 is 0. The Morgan fingerprint density at radius 2 is 1.81 bits per heavy atom. The van der Waals surface area contributed by atoms with E-state index in [1.54, 1.807) is 82.6 Å². The number of rotatable bonds is 15. The van der Waals surface area contributed by atoms with Crippen LogP contribution in [0, 0.1) is 5.92 Å². The van der Waals surface area contributed by atoms with Crippen LogP contribution in [0.2, 0.25) is 0 Å². The fourth-order valence-corrected chi connectivity index (χ4v) is 8.08. The molecule has 1 aromatic heterocycles. The summed E-state index contributed by atoms with van der Waals surface area (Å²) in [4.78, 5) is 74.3. The molecule has 5 atom stereocenters. The molecule has 57 heavy (non-hydrogen) atoms. The first-order valence-corrected chi connectivity index (χ1v) is 20.2. The van der Waals surface area contributed by atoms with Crippen LogP contribution in [-0.2, 0) is 45.3 Å².